The lowest BCUT2D eigenvalue weighted by Gasteiger charge is -2.32. The molecule has 1 saturated heterocycles. The monoisotopic (exact) mass is 389 g/mol. The Kier molecular flexibility index (Phi) is 6.76. The Hall–Kier alpha value is -2.03. The van der Waals surface area contributed by atoms with Gasteiger partial charge in [-0.1, -0.05) is 29.8 Å². The molecule has 0 bridgehead atoms. The summed E-state index contributed by atoms with van der Waals surface area (Å²) in [6.07, 6.45) is 0.364. The second kappa shape index (κ2) is 9.25. The number of aromatic amines is 1. The molecular formula is C19H27N5O2S. The van der Waals surface area contributed by atoms with Gasteiger partial charge in [-0.25, -0.2) is 0 Å². The standard InChI is InChI=1S/C19H27N5O2S/c1-14-3-5-16(6-4-14)18-21-22-19(27)24(18)8-7-17(25)20-13-15(2)23-9-11-26-12-10-23/h3-6,15H,7-13H2,1-2H3,(H,20,25)(H,22,27). The number of carbonyl (C=O) groups is 1. The highest BCUT2D eigenvalue weighted by Gasteiger charge is 2.17. The van der Waals surface area contributed by atoms with E-state index in [0.717, 1.165) is 37.7 Å². The fourth-order valence-electron chi connectivity index (χ4n) is 3.16. The zero-order valence-corrected chi connectivity index (χ0v) is 16.7. The van der Waals surface area contributed by atoms with Gasteiger partial charge in [0.1, 0.15) is 0 Å². The third-order valence-electron chi connectivity index (χ3n) is 4.89. The normalized spacial score (nSPS) is 16.2. The number of benzene rings is 1. The summed E-state index contributed by atoms with van der Waals surface area (Å²) in [5, 5.41) is 10.2. The number of H-pyrrole nitrogens is 1. The highest BCUT2D eigenvalue weighted by atomic mass is 32.1. The van der Waals surface area contributed by atoms with Gasteiger partial charge in [0, 0.05) is 44.2 Å². The molecule has 2 aromatic rings. The van der Waals surface area contributed by atoms with Gasteiger partial charge in [0.05, 0.1) is 13.2 Å². The molecular weight excluding hydrogens is 362 g/mol. The molecule has 1 fully saturated rings. The molecule has 0 aliphatic carbocycles. The van der Waals surface area contributed by atoms with Crippen LogP contribution in [0.15, 0.2) is 24.3 Å². The van der Waals surface area contributed by atoms with Crippen molar-refractivity contribution in [2.24, 2.45) is 0 Å². The number of hydrogen-bond acceptors (Lipinski definition) is 5. The summed E-state index contributed by atoms with van der Waals surface area (Å²) in [4.78, 5) is 14.6. The number of aryl methyl sites for hydroxylation is 1. The molecule has 3 rings (SSSR count). The van der Waals surface area contributed by atoms with Gasteiger partial charge in [-0.2, -0.15) is 5.10 Å². The van der Waals surface area contributed by atoms with E-state index in [-0.39, 0.29) is 5.91 Å². The number of nitrogens with one attached hydrogen (secondary N) is 2. The Morgan fingerprint density at radius 3 is 2.74 bits per heavy atom. The van der Waals surface area contributed by atoms with Gasteiger partial charge >= 0.3 is 0 Å². The molecule has 1 aliphatic heterocycles. The van der Waals surface area contributed by atoms with Crippen LogP contribution in [0.25, 0.3) is 11.4 Å². The van der Waals surface area contributed by atoms with Crippen molar-refractivity contribution in [1.82, 2.24) is 25.0 Å². The third-order valence-corrected chi connectivity index (χ3v) is 5.21. The SMILES string of the molecule is Cc1ccc(-c2n[nH]c(=S)n2CCC(=O)NCC(C)N2CCOCC2)cc1. The van der Waals surface area contributed by atoms with E-state index in [0.29, 0.717) is 30.3 Å². The summed E-state index contributed by atoms with van der Waals surface area (Å²) in [5.41, 5.74) is 2.17. The van der Waals surface area contributed by atoms with Crippen molar-refractivity contribution in [2.45, 2.75) is 32.9 Å². The van der Waals surface area contributed by atoms with Gasteiger partial charge in [-0.3, -0.25) is 19.4 Å². The van der Waals surface area contributed by atoms with Crippen molar-refractivity contribution < 1.29 is 9.53 Å². The molecule has 0 spiro atoms. The first-order valence-corrected chi connectivity index (χ1v) is 9.76. The third kappa shape index (κ3) is 5.24. The fourth-order valence-corrected chi connectivity index (χ4v) is 3.38. The zero-order chi connectivity index (χ0) is 19.2. The molecule has 2 heterocycles. The predicted molar refractivity (Wildman–Crippen MR) is 107 cm³/mol. The Morgan fingerprint density at radius 1 is 1.33 bits per heavy atom. The van der Waals surface area contributed by atoms with Gasteiger partial charge in [-0.15, -0.1) is 0 Å². The van der Waals surface area contributed by atoms with E-state index in [1.807, 2.05) is 35.8 Å². The molecule has 2 N–H and O–H groups in total. The van der Waals surface area contributed by atoms with Crippen molar-refractivity contribution in [1.29, 1.82) is 0 Å². The van der Waals surface area contributed by atoms with Gasteiger partial charge < -0.3 is 10.1 Å². The largest absolute Gasteiger partial charge is 0.379 e. The van der Waals surface area contributed by atoms with E-state index in [1.54, 1.807) is 0 Å². The lowest BCUT2D eigenvalue weighted by atomic mass is 10.1. The maximum atomic E-state index is 12.3. The van der Waals surface area contributed by atoms with Crippen LogP contribution in [-0.4, -0.2) is 64.5 Å². The first kappa shape index (κ1) is 19.7. The van der Waals surface area contributed by atoms with Gasteiger partial charge in [0.15, 0.2) is 10.6 Å². The number of carbonyl (C=O) groups excluding carboxylic acids is 1. The minimum Gasteiger partial charge on any atom is -0.379 e. The topological polar surface area (TPSA) is 75.2 Å². The number of rotatable bonds is 7. The molecule has 1 amide bonds. The highest BCUT2D eigenvalue weighted by molar-refractivity contribution is 7.71. The molecule has 27 heavy (non-hydrogen) atoms. The molecule has 1 unspecified atom stereocenters. The minimum atomic E-state index is 0.0214. The van der Waals surface area contributed by atoms with Crippen molar-refractivity contribution in [2.75, 3.05) is 32.8 Å². The molecule has 1 aromatic carbocycles. The molecule has 0 radical (unpaired) electrons. The van der Waals surface area contributed by atoms with Crippen LogP contribution in [0.5, 0.6) is 0 Å². The number of aromatic nitrogens is 3. The summed E-state index contributed by atoms with van der Waals surface area (Å²) in [7, 11) is 0. The number of ether oxygens (including phenoxy) is 1. The lowest BCUT2D eigenvalue weighted by Crippen LogP contribution is -2.47. The number of nitrogens with zero attached hydrogens (tertiary/aromatic N) is 3. The van der Waals surface area contributed by atoms with E-state index in [4.69, 9.17) is 17.0 Å². The van der Waals surface area contributed by atoms with Crippen LogP contribution in [0.3, 0.4) is 0 Å². The smallest absolute Gasteiger partial charge is 0.221 e. The van der Waals surface area contributed by atoms with Crippen LogP contribution >= 0.6 is 12.2 Å². The average Bonchev–Trinajstić information content (AvgIpc) is 3.06. The summed E-state index contributed by atoms with van der Waals surface area (Å²) in [6.45, 7) is 8.67. The quantitative estimate of drug-likeness (QED) is 0.710. The lowest BCUT2D eigenvalue weighted by molar-refractivity contribution is -0.121. The van der Waals surface area contributed by atoms with Crippen molar-refractivity contribution in [3.05, 3.63) is 34.6 Å². The highest BCUT2D eigenvalue weighted by Crippen LogP contribution is 2.18. The summed E-state index contributed by atoms with van der Waals surface area (Å²) >= 11 is 5.34. The Balaban J connectivity index is 1.54. The van der Waals surface area contributed by atoms with Crippen LogP contribution in [0.1, 0.15) is 18.9 Å². The van der Waals surface area contributed by atoms with Crippen molar-refractivity contribution >= 4 is 18.1 Å². The van der Waals surface area contributed by atoms with E-state index in [1.165, 1.54) is 5.56 Å². The maximum absolute atomic E-state index is 12.3. The number of amides is 1. The number of morpholine rings is 1. The van der Waals surface area contributed by atoms with Crippen molar-refractivity contribution in [3.8, 4) is 11.4 Å². The zero-order valence-electron chi connectivity index (χ0n) is 15.9. The van der Waals surface area contributed by atoms with Crippen LogP contribution in [0.4, 0.5) is 0 Å². The second-order valence-electron chi connectivity index (χ2n) is 6.92. The molecule has 146 valence electrons. The predicted octanol–water partition coefficient (Wildman–Crippen LogP) is 2.14. The average molecular weight is 390 g/mol. The van der Waals surface area contributed by atoms with Crippen molar-refractivity contribution in [3.63, 3.8) is 0 Å². The van der Waals surface area contributed by atoms with E-state index < -0.39 is 0 Å². The van der Waals surface area contributed by atoms with Crippen LogP contribution < -0.4 is 5.32 Å². The molecule has 1 aromatic heterocycles. The number of hydrogen-bond donors (Lipinski definition) is 2. The van der Waals surface area contributed by atoms with Crippen LogP contribution in [0, 0.1) is 11.7 Å². The van der Waals surface area contributed by atoms with Crippen LogP contribution in [-0.2, 0) is 16.1 Å². The Morgan fingerprint density at radius 2 is 2.04 bits per heavy atom. The van der Waals surface area contributed by atoms with E-state index in [2.05, 4.69) is 27.3 Å². The Labute approximate surface area is 164 Å². The first-order chi connectivity index (χ1) is 13.0. The molecule has 0 saturated carbocycles. The van der Waals surface area contributed by atoms with E-state index >= 15 is 0 Å². The van der Waals surface area contributed by atoms with Crippen LogP contribution in [0.2, 0.25) is 0 Å². The second-order valence-corrected chi connectivity index (χ2v) is 7.31. The van der Waals surface area contributed by atoms with Gasteiger partial charge in [0.2, 0.25) is 5.91 Å². The molecule has 7 nitrogen and oxygen atoms in total. The van der Waals surface area contributed by atoms with E-state index in [9.17, 15) is 4.79 Å². The summed E-state index contributed by atoms with van der Waals surface area (Å²) in [5.74, 6) is 0.780. The summed E-state index contributed by atoms with van der Waals surface area (Å²) in [6, 6.07) is 8.41. The Bertz CT molecular complexity index is 808. The maximum Gasteiger partial charge on any atom is 0.221 e. The first-order valence-electron chi connectivity index (χ1n) is 9.35. The van der Waals surface area contributed by atoms with Gasteiger partial charge in [0.25, 0.3) is 0 Å². The molecule has 1 atom stereocenters. The van der Waals surface area contributed by atoms with Gasteiger partial charge in [-0.05, 0) is 26.1 Å². The summed E-state index contributed by atoms with van der Waals surface area (Å²) < 4.78 is 7.78. The minimum absolute atomic E-state index is 0.0214. The molecule has 1 aliphatic rings. The fraction of sp³-hybridized carbons (Fsp3) is 0.526. The molecule has 8 heteroatoms.